The van der Waals surface area contributed by atoms with E-state index < -0.39 is 0 Å². The molecule has 0 aliphatic heterocycles. The SMILES string of the molecule is CC(C)COc1cnccc1CNC(C)C. The maximum Gasteiger partial charge on any atom is 0.142 e. The van der Waals surface area contributed by atoms with Gasteiger partial charge in [-0.15, -0.1) is 0 Å². The fourth-order valence-electron chi connectivity index (χ4n) is 1.26. The first-order valence-electron chi connectivity index (χ1n) is 5.88. The lowest BCUT2D eigenvalue weighted by Gasteiger charge is -2.14. The zero-order chi connectivity index (χ0) is 12.0. The Balaban J connectivity index is 2.60. The Morgan fingerprint density at radius 2 is 2.06 bits per heavy atom. The van der Waals surface area contributed by atoms with Crippen LogP contribution in [0, 0.1) is 5.92 Å². The maximum absolute atomic E-state index is 5.73. The highest BCUT2D eigenvalue weighted by Crippen LogP contribution is 2.17. The molecule has 0 bridgehead atoms. The molecule has 1 rings (SSSR count). The van der Waals surface area contributed by atoms with Crippen LogP contribution in [0.15, 0.2) is 18.5 Å². The second-order valence-electron chi connectivity index (χ2n) is 4.72. The molecule has 0 unspecified atom stereocenters. The molecule has 1 aromatic heterocycles. The molecule has 3 nitrogen and oxygen atoms in total. The topological polar surface area (TPSA) is 34.1 Å². The molecule has 0 radical (unpaired) electrons. The molecule has 90 valence electrons. The van der Waals surface area contributed by atoms with Crippen molar-refractivity contribution < 1.29 is 4.74 Å². The summed E-state index contributed by atoms with van der Waals surface area (Å²) in [5.41, 5.74) is 1.17. The largest absolute Gasteiger partial charge is 0.491 e. The van der Waals surface area contributed by atoms with Gasteiger partial charge >= 0.3 is 0 Å². The molecule has 0 aliphatic rings. The van der Waals surface area contributed by atoms with Crippen LogP contribution in [0.1, 0.15) is 33.3 Å². The smallest absolute Gasteiger partial charge is 0.142 e. The monoisotopic (exact) mass is 222 g/mol. The van der Waals surface area contributed by atoms with Crippen LogP contribution in [0.25, 0.3) is 0 Å². The quantitative estimate of drug-likeness (QED) is 0.803. The lowest BCUT2D eigenvalue weighted by Crippen LogP contribution is -2.22. The van der Waals surface area contributed by atoms with Crippen molar-refractivity contribution in [1.82, 2.24) is 10.3 Å². The molecule has 0 aliphatic carbocycles. The van der Waals surface area contributed by atoms with Gasteiger partial charge in [-0.05, 0) is 12.0 Å². The first kappa shape index (κ1) is 13.0. The lowest BCUT2D eigenvalue weighted by molar-refractivity contribution is 0.267. The number of hydrogen-bond donors (Lipinski definition) is 1. The summed E-state index contributed by atoms with van der Waals surface area (Å²) in [6, 6.07) is 2.48. The van der Waals surface area contributed by atoms with Crippen molar-refractivity contribution in [2.75, 3.05) is 6.61 Å². The van der Waals surface area contributed by atoms with Crippen molar-refractivity contribution >= 4 is 0 Å². The number of ether oxygens (including phenoxy) is 1. The lowest BCUT2D eigenvalue weighted by atomic mass is 10.2. The molecule has 1 aromatic rings. The predicted octanol–water partition coefficient (Wildman–Crippen LogP) is 2.61. The highest BCUT2D eigenvalue weighted by Gasteiger charge is 2.05. The maximum atomic E-state index is 5.73. The third-order valence-electron chi connectivity index (χ3n) is 2.14. The summed E-state index contributed by atoms with van der Waals surface area (Å²) in [6.45, 7) is 10.1. The van der Waals surface area contributed by atoms with Gasteiger partial charge < -0.3 is 10.1 Å². The standard InChI is InChI=1S/C13H22N2O/c1-10(2)9-16-13-8-14-6-5-12(13)7-15-11(3)4/h5-6,8,10-11,15H,7,9H2,1-4H3. The number of pyridine rings is 1. The van der Waals surface area contributed by atoms with Crippen molar-refractivity contribution in [3.63, 3.8) is 0 Å². The average Bonchev–Trinajstić information content (AvgIpc) is 2.24. The molecule has 16 heavy (non-hydrogen) atoms. The van der Waals surface area contributed by atoms with E-state index in [1.807, 2.05) is 6.07 Å². The van der Waals surface area contributed by atoms with Crippen LogP contribution in [0.4, 0.5) is 0 Å². The first-order chi connectivity index (χ1) is 7.59. The molecular formula is C13H22N2O. The molecule has 0 aromatic carbocycles. The summed E-state index contributed by atoms with van der Waals surface area (Å²) >= 11 is 0. The minimum Gasteiger partial charge on any atom is -0.491 e. The minimum atomic E-state index is 0.478. The van der Waals surface area contributed by atoms with Gasteiger partial charge in [0, 0.05) is 24.3 Å². The zero-order valence-electron chi connectivity index (χ0n) is 10.7. The van der Waals surface area contributed by atoms with E-state index >= 15 is 0 Å². The Bertz CT molecular complexity index is 280. The van der Waals surface area contributed by atoms with Gasteiger partial charge in [-0.1, -0.05) is 27.7 Å². The third kappa shape index (κ3) is 4.62. The number of aromatic nitrogens is 1. The average molecular weight is 222 g/mol. The van der Waals surface area contributed by atoms with Crippen LogP contribution in [-0.4, -0.2) is 17.6 Å². The Morgan fingerprint density at radius 1 is 1.31 bits per heavy atom. The molecular weight excluding hydrogens is 200 g/mol. The fourth-order valence-corrected chi connectivity index (χ4v) is 1.26. The van der Waals surface area contributed by atoms with Crippen molar-refractivity contribution in [3.05, 3.63) is 24.0 Å². The van der Waals surface area contributed by atoms with Crippen molar-refractivity contribution in [2.24, 2.45) is 5.92 Å². The van der Waals surface area contributed by atoms with E-state index in [-0.39, 0.29) is 0 Å². The second-order valence-corrected chi connectivity index (χ2v) is 4.72. The zero-order valence-corrected chi connectivity index (χ0v) is 10.7. The number of nitrogens with one attached hydrogen (secondary N) is 1. The number of nitrogens with zero attached hydrogens (tertiary/aromatic N) is 1. The van der Waals surface area contributed by atoms with E-state index in [2.05, 4.69) is 38.0 Å². The van der Waals surface area contributed by atoms with Crippen LogP contribution in [0.3, 0.4) is 0 Å². The molecule has 0 amide bonds. The van der Waals surface area contributed by atoms with Gasteiger partial charge in [0.25, 0.3) is 0 Å². The second kappa shape index (κ2) is 6.48. The minimum absolute atomic E-state index is 0.478. The fraction of sp³-hybridized carbons (Fsp3) is 0.615. The van der Waals surface area contributed by atoms with Gasteiger partial charge in [0.2, 0.25) is 0 Å². The summed E-state index contributed by atoms with van der Waals surface area (Å²) in [6.07, 6.45) is 3.60. The van der Waals surface area contributed by atoms with E-state index in [9.17, 15) is 0 Å². The van der Waals surface area contributed by atoms with Crippen molar-refractivity contribution in [2.45, 2.75) is 40.3 Å². The molecule has 0 spiro atoms. The van der Waals surface area contributed by atoms with Crippen molar-refractivity contribution in [3.8, 4) is 5.75 Å². The summed E-state index contributed by atoms with van der Waals surface area (Å²) in [7, 11) is 0. The van der Waals surface area contributed by atoms with Gasteiger partial charge in [-0.25, -0.2) is 0 Å². The summed E-state index contributed by atoms with van der Waals surface area (Å²) in [5, 5.41) is 3.38. The highest BCUT2D eigenvalue weighted by atomic mass is 16.5. The van der Waals surface area contributed by atoms with Crippen LogP contribution in [0.5, 0.6) is 5.75 Å². The molecule has 1 heterocycles. The molecule has 0 atom stereocenters. The van der Waals surface area contributed by atoms with Crippen LogP contribution < -0.4 is 10.1 Å². The number of hydrogen-bond acceptors (Lipinski definition) is 3. The predicted molar refractivity (Wildman–Crippen MR) is 66.5 cm³/mol. The summed E-state index contributed by atoms with van der Waals surface area (Å²) < 4.78 is 5.73. The summed E-state index contributed by atoms with van der Waals surface area (Å²) in [4.78, 5) is 4.10. The van der Waals surface area contributed by atoms with Crippen LogP contribution in [0.2, 0.25) is 0 Å². The van der Waals surface area contributed by atoms with E-state index in [4.69, 9.17) is 4.74 Å². The Morgan fingerprint density at radius 3 is 2.69 bits per heavy atom. The van der Waals surface area contributed by atoms with Gasteiger partial charge in [-0.3, -0.25) is 4.98 Å². The molecule has 0 saturated carbocycles. The Hall–Kier alpha value is -1.09. The highest BCUT2D eigenvalue weighted by molar-refractivity contribution is 5.29. The Kier molecular flexibility index (Phi) is 5.26. The molecule has 0 saturated heterocycles. The van der Waals surface area contributed by atoms with Crippen molar-refractivity contribution in [1.29, 1.82) is 0 Å². The number of rotatable bonds is 6. The van der Waals surface area contributed by atoms with Crippen LogP contribution in [-0.2, 0) is 6.54 Å². The van der Waals surface area contributed by atoms with E-state index in [0.29, 0.717) is 12.0 Å². The van der Waals surface area contributed by atoms with Crippen LogP contribution >= 0.6 is 0 Å². The van der Waals surface area contributed by atoms with E-state index in [1.54, 1.807) is 12.4 Å². The van der Waals surface area contributed by atoms with Gasteiger partial charge in [0.05, 0.1) is 12.8 Å². The van der Waals surface area contributed by atoms with Gasteiger partial charge in [-0.2, -0.15) is 0 Å². The van der Waals surface area contributed by atoms with Gasteiger partial charge in [0.1, 0.15) is 5.75 Å². The van der Waals surface area contributed by atoms with E-state index in [0.717, 1.165) is 18.9 Å². The third-order valence-corrected chi connectivity index (χ3v) is 2.14. The molecule has 1 N–H and O–H groups in total. The summed E-state index contributed by atoms with van der Waals surface area (Å²) in [5.74, 6) is 1.43. The molecule has 0 fully saturated rings. The first-order valence-corrected chi connectivity index (χ1v) is 5.88. The normalized spacial score (nSPS) is 11.1. The molecule has 3 heteroatoms. The Labute approximate surface area is 98.2 Å². The van der Waals surface area contributed by atoms with Gasteiger partial charge in [0.15, 0.2) is 0 Å². The van der Waals surface area contributed by atoms with E-state index in [1.165, 1.54) is 5.56 Å².